The molecule has 1 N–H and O–H groups in total. The highest BCUT2D eigenvalue weighted by Crippen LogP contribution is 2.28. The van der Waals surface area contributed by atoms with Crippen LogP contribution in [0.2, 0.25) is 0 Å². The lowest BCUT2D eigenvalue weighted by molar-refractivity contribution is 0.299. The van der Waals surface area contributed by atoms with Gasteiger partial charge in [0.2, 0.25) is 0 Å². The van der Waals surface area contributed by atoms with Crippen LogP contribution in [0.4, 0.5) is 0 Å². The van der Waals surface area contributed by atoms with E-state index in [-0.39, 0.29) is 0 Å². The molecule has 0 aliphatic heterocycles. The fourth-order valence-corrected chi connectivity index (χ4v) is 2.87. The van der Waals surface area contributed by atoms with E-state index in [0.717, 1.165) is 26.9 Å². The Kier molecular flexibility index (Phi) is 6.21. The average Bonchev–Trinajstić information content (AvgIpc) is 2.45. The third-order valence-corrected chi connectivity index (χ3v) is 3.98. The molecule has 5 heteroatoms. The van der Waals surface area contributed by atoms with Gasteiger partial charge in [-0.2, -0.15) is 0 Å². The van der Waals surface area contributed by atoms with Gasteiger partial charge in [0, 0.05) is 23.3 Å². The Labute approximate surface area is 142 Å². The maximum Gasteiger partial charge on any atom is 0.134 e. The summed E-state index contributed by atoms with van der Waals surface area (Å²) in [5.74, 6) is 0.811. The summed E-state index contributed by atoms with van der Waals surface area (Å²) in [6.07, 6.45) is 1.89. The summed E-state index contributed by atoms with van der Waals surface area (Å²) in [5.41, 5.74) is 2.09. The lowest BCUT2D eigenvalue weighted by atomic mass is 10.2. The quantitative estimate of drug-likeness (QED) is 0.746. The maximum atomic E-state index is 5.77. The van der Waals surface area contributed by atoms with Crippen LogP contribution in [0.5, 0.6) is 5.75 Å². The highest BCUT2D eigenvalue weighted by atomic mass is 79.9. The van der Waals surface area contributed by atoms with Gasteiger partial charge >= 0.3 is 0 Å². The second-order valence-corrected chi connectivity index (χ2v) is 6.83. The first-order valence-electron chi connectivity index (χ1n) is 6.79. The van der Waals surface area contributed by atoms with Gasteiger partial charge in [0.1, 0.15) is 12.4 Å². The van der Waals surface area contributed by atoms with Crippen molar-refractivity contribution in [2.24, 2.45) is 0 Å². The fourth-order valence-electron chi connectivity index (χ4n) is 1.71. The molecule has 112 valence electrons. The van der Waals surface area contributed by atoms with E-state index in [2.05, 4.69) is 62.1 Å². The first-order valence-corrected chi connectivity index (χ1v) is 8.38. The molecule has 0 atom stereocenters. The Hall–Kier alpha value is -0.910. The van der Waals surface area contributed by atoms with Gasteiger partial charge in [0.15, 0.2) is 0 Å². The molecule has 1 aromatic carbocycles. The number of halogens is 2. The zero-order valence-electron chi connectivity index (χ0n) is 12.1. The van der Waals surface area contributed by atoms with Gasteiger partial charge in [-0.3, -0.25) is 4.98 Å². The Balaban J connectivity index is 1.91. The van der Waals surface area contributed by atoms with E-state index in [0.29, 0.717) is 12.6 Å². The van der Waals surface area contributed by atoms with Crippen molar-refractivity contribution in [3.05, 3.63) is 56.7 Å². The number of aromatic nitrogens is 1. The molecule has 21 heavy (non-hydrogen) atoms. The largest absolute Gasteiger partial charge is 0.486 e. The maximum absolute atomic E-state index is 5.77. The van der Waals surface area contributed by atoms with E-state index < -0.39 is 0 Å². The number of hydrogen-bond acceptors (Lipinski definition) is 3. The van der Waals surface area contributed by atoms with Gasteiger partial charge < -0.3 is 10.1 Å². The average molecular weight is 414 g/mol. The number of rotatable bonds is 6. The summed E-state index contributed by atoms with van der Waals surface area (Å²) in [4.78, 5) is 4.43. The number of benzene rings is 1. The van der Waals surface area contributed by atoms with Gasteiger partial charge in [0.05, 0.1) is 10.2 Å². The van der Waals surface area contributed by atoms with Crippen LogP contribution >= 0.6 is 31.9 Å². The SMILES string of the molecule is CC(C)NCc1ccc(COc2ccc(Br)cc2Br)nc1. The summed E-state index contributed by atoms with van der Waals surface area (Å²) in [6, 6.07) is 10.4. The molecule has 0 aliphatic carbocycles. The molecular weight excluding hydrogens is 396 g/mol. The summed E-state index contributed by atoms with van der Waals surface area (Å²) >= 11 is 6.90. The second kappa shape index (κ2) is 7.92. The van der Waals surface area contributed by atoms with Crippen molar-refractivity contribution < 1.29 is 4.74 Å². The molecule has 0 saturated carbocycles. The highest BCUT2D eigenvalue weighted by Gasteiger charge is 2.03. The Morgan fingerprint density at radius 3 is 2.62 bits per heavy atom. The molecule has 2 aromatic rings. The predicted octanol–water partition coefficient (Wildman–Crippen LogP) is 4.68. The molecule has 2 rings (SSSR count). The highest BCUT2D eigenvalue weighted by molar-refractivity contribution is 9.11. The van der Waals surface area contributed by atoms with Gasteiger partial charge in [-0.05, 0) is 45.8 Å². The van der Waals surface area contributed by atoms with Crippen molar-refractivity contribution in [1.29, 1.82) is 0 Å². The number of pyridine rings is 1. The normalized spacial score (nSPS) is 10.9. The van der Waals surface area contributed by atoms with Crippen LogP contribution < -0.4 is 10.1 Å². The summed E-state index contributed by atoms with van der Waals surface area (Å²) < 4.78 is 7.71. The van der Waals surface area contributed by atoms with Crippen LogP contribution in [0.25, 0.3) is 0 Å². The Morgan fingerprint density at radius 1 is 1.19 bits per heavy atom. The Morgan fingerprint density at radius 2 is 2.00 bits per heavy atom. The fraction of sp³-hybridized carbons (Fsp3) is 0.312. The second-order valence-electron chi connectivity index (χ2n) is 5.06. The first kappa shape index (κ1) is 16.5. The number of nitrogens with one attached hydrogen (secondary N) is 1. The van der Waals surface area contributed by atoms with Crippen LogP contribution in [0.3, 0.4) is 0 Å². The number of ether oxygens (including phenoxy) is 1. The lowest BCUT2D eigenvalue weighted by Gasteiger charge is -2.10. The molecule has 0 bridgehead atoms. The molecule has 1 heterocycles. The zero-order chi connectivity index (χ0) is 15.2. The van der Waals surface area contributed by atoms with E-state index in [1.54, 1.807) is 0 Å². The molecule has 1 aromatic heterocycles. The summed E-state index contributed by atoms with van der Waals surface area (Å²) in [5, 5.41) is 3.37. The number of nitrogens with zero attached hydrogens (tertiary/aromatic N) is 1. The topological polar surface area (TPSA) is 34.1 Å². The van der Waals surface area contributed by atoms with Crippen molar-refractivity contribution in [2.45, 2.75) is 33.0 Å². The van der Waals surface area contributed by atoms with Crippen molar-refractivity contribution in [1.82, 2.24) is 10.3 Å². The summed E-state index contributed by atoms with van der Waals surface area (Å²) in [6.45, 7) is 5.56. The first-order chi connectivity index (χ1) is 10.0. The Bertz CT molecular complexity index is 585. The smallest absolute Gasteiger partial charge is 0.134 e. The van der Waals surface area contributed by atoms with Crippen molar-refractivity contribution in [3.8, 4) is 5.75 Å². The molecule has 0 aliphatic rings. The zero-order valence-corrected chi connectivity index (χ0v) is 15.2. The molecule has 0 amide bonds. The van der Waals surface area contributed by atoms with Gasteiger partial charge in [-0.1, -0.05) is 35.8 Å². The van der Waals surface area contributed by atoms with Crippen molar-refractivity contribution in [2.75, 3.05) is 0 Å². The summed E-state index contributed by atoms with van der Waals surface area (Å²) in [7, 11) is 0. The number of hydrogen-bond donors (Lipinski definition) is 1. The molecule has 0 saturated heterocycles. The van der Waals surface area contributed by atoms with Crippen LogP contribution in [0, 0.1) is 0 Å². The van der Waals surface area contributed by atoms with E-state index in [1.807, 2.05) is 30.5 Å². The minimum atomic E-state index is 0.456. The molecule has 3 nitrogen and oxygen atoms in total. The van der Waals surface area contributed by atoms with E-state index in [9.17, 15) is 0 Å². The third kappa shape index (κ3) is 5.41. The monoisotopic (exact) mass is 412 g/mol. The minimum absolute atomic E-state index is 0.456. The van der Waals surface area contributed by atoms with Gasteiger partial charge in [-0.25, -0.2) is 0 Å². The molecular formula is C16H18Br2N2O. The van der Waals surface area contributed by atoms with E-state index in [1.165, 1.54) is 5.56 Å². The molecule has 0 spiro atoms. The molecule has 0 radical (unpaired) electrons. The third-order valence-electron chi connectivity index (χ3n) is 2.87. The standard InChI is InChI=1S/C16H18Br2N2O/c1-11(2)19-8-12-3-5-14(20-9-12)10-21-16-6-4-13(17)7-15(16)18/h3-7,9,11,19H,8,10H2,1-2H3. The van der Waals surface area contributed by atoms with Crippen molar-refractivity contribution in [3.63, 3.8) is 0 Å². The van der Waals surface area contributed by atoms with E-state index in [4.69, 9.17) is 4.74 Å². The minimum Gasteiger partial charge on any atom is -0.486 e. The lowest BCUT2D eigenvalue weighted by Crippen LogP contribution is -2.21. The van der Waals surface area contributed by atoms with Crippen LogP contribution in [0.1, 0.15) is 25.1 Å². The van der Waals surface area contributed by atoms with E-state index >= 15 is 0 Å². The van der Waals surface area contributed by atoms with Crippen LogP contribution in [-0.2, 0) is 13.2 Å². The van der Waals surface area contributed by atoms with Crippen LogP contribution in [0.15, 0.2) is 45.5 Å². The van der Waals surface area contributed by atoms with Crippen LogP contribution in [-0.4, -0.2) is 11.0 Å². The van der Waals surface area contributed by atoms with Gasteiger partial charge in [-0.15, -0.1) is 0 Å². The molecule has 0 unspecified atom stereocenters. The van der Waals surface area contributed by atoms with Crippen molar-refractivity contribution >= 4 is 31.9 Å². The van der Waals surface area contributed by atoms with Gasteiger partial charge in [0.25, 0.3) is 0 Å². The molecule has 0 fully saturated rings. The predicted molar refractivity (Wildman–Crippen MR) is 92.4 cm³/mol.